The number of carboxylic acid groups (broad SMARTS) is 1. The summed E-state index contributed by atoms with van der Waals surface area (Å²) in [5, 5.41) is 18.8. The van der Waals surface area contributed by atoms with Crippen LogP contribution in [0.25, 0.3) is 11.3 Å². The summed E-state index contributed by atoms with van der Waals surface area (Å²) in [6, 6.07) is 5.55. The number of rotatable bonds is 3. The molecule has 0 saturated carbocycles. The second kappa shape index (κ2) is 5.26. The van der Waals surface area contributed by atoms with E-state index in [2.05, 4.69) is 15.5 Å². The average molecular weight is 293 g/mol. The molecule has 104 valence electrons. The van der Waals surface area contributed by atoms with E-state index >= 15 is 0 Å². The highest BCUT2D eigenvalue weighted by molar-refractivity contribution is 7.99. The van der Waals surface area contributed by atoms with E-state index < -0.39 is 12.0 Å². The predicted molar refractivity (Wildman–Crippen MR) is 73.7 cm³/mol. The van der Waals surface area contributed by atoms with Crippen LogP contribution >= 0.6 is 11.8 Å². The van der Waals surface area contributed by atoms with Crippen LogP contribution in [0.15, 0.2) is 30.5 Å². The van der Waals surface area contributed by atoms with Crippen molar-refractivity contribution in [2.24, 2.45) is 0 Å². The predicted octanol–water partition coefficient (Wildman–Crippen LogP) is 2.00. The second-order valence-electron chi connectivity index (χ2n) is 4.48. The van der Waals surface area contributed by atoms with E-state index in [1.54, 1.807) is 18.3 Å². The lowest BCUT2D eigenvalue weighted by molar-refractivity contribution is -0.138. The average Bonchev–Trinajstić information content (AvgIpc) is 3.08. The number of H-pyrrole nitrogens is 1. The Bertz CT molecular complexity index is 629. The Kier molecular flexibility index (Phi) is 3.45. The van der Waals surface area contributed by atoms with Crippen LogP contribution in [0.4, 0.5) is 4.39 Å². The van der Waals surface area contributed by atoms with Crippen molar-refractivity contribution >= 4 is 17.7 Å². The van der Waals surface area contributed by atoms with Crippen molar-refractivity contribution < 1.29 is 14.3 Å². The van der Waals surface area contributed by atoms with E-state index in [1.165, 1.54) is 23.9 Å². The van der Waals surface area contributed by atoms with Gasteiger partial charge >= 0.3 is 5.97 Å². The van der Waals surface area contributed by atoms with Crippen molar-refractivity contribution in [1.29, 1.82) is 0 Å². The maximum Gasteiger partial charge on any atom is 0.321 e. The standard InChI is InChI=1S/C13H12FN3O2S/c14-8-3-1-7(2-4-8)11-9(5-15-17-11)12-16-10(6-20-12)13(18)19/h1-5,10,12,16H,6H2,(H,15,17)(H,18,19)/t10-,12+/m1/s1. The molecule has 0 spiro atoms. The molecular weight excluding hydrogens is 281 g/mol. The van der Waals surface area contributed by atoms with E-state index in [4.69, 9.17) is 5.11 Å². The maximum atomic E-state index is 13.0. The van der Waals surface area contributed by atoms with Gasteiger partial charge in [-0.2, -0.15) is 5.10 Å². The Morgan fingerprint density at radius 3 is 2.80 bits per heavy atom. The zero-order valence-electron chi connectivity index (χ0n) is 10.3. The van der Waals surface area contributed by atoms with E-state index in [-0.39, 0.29) is 11.2 Å². The zero-order chi connectivity index (χ0) is 14.1. The minimum Gasteiger partial charge on any atom is -0.480 e. The monoisotopic (exact) mass is 293 g/mol. The molecule has 1 fully saturated rings. The molecule has 5 nitrogen and oxygen atoms in total. The van der Waals surface area contributed by atoms with Gasteiger partial charge in [-0.15, -0.1) is 11.8 Å². The summed E-state index contributed by atoms with van der Waals surface area (Å²) in [4.78, 5) is 11.0. The summed E-state index contributed by atoms with van der Waals surface area (Å²) in [6.07, 6.45) is 1.67. The fraction of sp³-hybridized carbons (Fsp3) is 0.231. The quantitative estimate of drug-likeness (QED) is 0.807. The van der Waals surface area contributed by atoms with E-state index in [0.29, 0.717) is 5.75 Å². The van der Waals surface area contributed by atoms with Gasteiger partial charge in [-0.1, -0.05) is 0 Å². The number of benzene rings is 1. The molecule has 0 radical (unpaired) electrons. The van der Waals surface area contributed by atoms with Crippen LogP contribution in [0.1, 0.15) is 10.9 Å². The molecule has 20 heavy (non-hydrogen) atoms. The number of carboxylic acids is 1. The summed E-state index contributed by atoms with van der Waals surface area (Å²) in [5.74, 6) is -0.644. The lowest BCUT2D eigenvalue weighted by Crippen LogP contribution is -2.33. The number of nitrogens with zero attached hydrogens (tertiary/aromatic N) is 1. The molecule has 0 aliphatic carbocycles. The Balaban J connectivity index is 1.87. The first-order valence-corrected chi connectivity index (χ1v) is 7.09. The smallest absolute Gasteiger partial charge is 0.321 e. The van der Waals surface area contributed by atoms with Gasteiger partial charge in [0.05, 0.1) is 17.3 Å². The van der Waals surface area contributed by atoms with Crippen LogP contribution in [-0.4, -0.2) is 33.1 Å². The van der Waals surface area contributed by atoms with Crippen molar-refractivity contribution in [1.82, 2.24) is 15.5 Å². The molecule has 3 N–H and O–H groups in total. The number of hydrogen-bond acceptors (Lipinski definition) is 4. The summed E-state index contributed by atoms with van der Waals surface area (Å²) in [6.45, 7) is 0. The van der Waals surface area contributed by atoms with Gasteiger partial charge < -0.3 is 5.11 Å². The number of aromatic nitrogens is 2. The summed E-state index contributed by atoms with van der Waals surface area (Å²) >= 11 is 1.52. The van der Waals surface area contributed by atoms with E-state index in [1.807, 2.05) is 0 Å². The third-order valence-electron chi connectivity index (χ3n) is 3.16. The zero-order valence-corrected chi connectivity index (χ0v) is 11.2. The molecule has 7 heteroatoms. The number of aromatic amines is 1. The topological polar surface area (TPSA) is 78.0 Å². The molecule has 1 saturated heterocycles. The lowest BCUT2D eigenvalue weighted by Gasteiger charge is -2.11. The Labute approximate surface area is 118 Å². The molecular formula is C13H12FN3O2S. The second-order valence-corrected chi connectivity index (χ2v) is 5.62. The van der Waals surface area contributed by atoms with E-state index in [0.717, 1.165) is 16.8 Å². The van der Waals surface area contributed by atoms with Crippen molar-refractivity contribution in [3.63, 3.8) is 0 Å². The van der Waals surface area contributed by atoms with Gasteiger partial charge in [0.15, 0.2) is 0 Å². The molecule has 0 bridgehead atoms. The van der Waals surface area contributed by atoms with Crippen LogP contribution in [-0.2, 0) is 4.79 Å². The normalized spacial score (nSPS) is 22.1. The number of thioether (sulfide) groups is 1. The van der Waals surface area contributed by atoms with Crippen LogP contribution in [0.2, 0.25) is 0 Å². The highest BCUT2D eigenvalue weighted by Gasteiger charge is 2.32. The van der Waals surface area contributed by atoms with Gasteiger partial charge in [0, 0.05) is 16.9 Å². The van der Waals surface area contributed by atoms with Gasteiger partial charge in [-0.05, 0) is 24.3 Å². The SMILES string of the molecule is O=C(O)[C@H]1CS[C@@H](c2cn[nH]c2-c2ccc(F)cc2)N1. The minimum atomic E-state index is -0.855. The lowest BCUT2D eigenvalue weighted by atomic mass is 10.1. The van der Waals surface area contributed by atoms with Gasteiger partial charge in [0.25, 0.3) is 0 Å². The number of halogens is 1. The number of aliphatic carboxylic acids is 1. The van der Waals surface area contributed by atoms with Crippen LogP contribution in [0, 0.1) is 5.82 Å². The molecule has 2 atom stereocenters. The van der Waals surface area contributed by atoms with Crippen molar-refractivity contribution in [2.75, 3.05) is 5.75 Å². The molecule has 0 unspecified atom stereocenters. The Morgan fingerprint density at radius 2 is 2.15 bits per heavy atom. The molecule has 1 aromatic heterocycles. The molecule has 1 aromatic carbocycles. The molecule has 1 aliphatic heterocycles. The first-order chi connectivity index (χ1) is 9.65. The first kappa shape index (κ1) is 13.1. The molecule has 2 aromatic rings. The fourth-order valence-electron chi connectivity index (χ4n) is 2.14. The number of nitrogens with one attached hydrogen (secondary N) is 2. The number of hydrogen-bond donors (Lipinski definition) is 3. The van der Waals surface area contributed by atoms with Crippen molar-refractivity contribution in [2.45, 2.75) is 11.4 Å². The number of carbonyl (C=O) groups is 1. The third-order valence-corrected chi connectivity index (χ3v) is 4.41. The minimum absolute atomic E-state index is 0.130. The molecule has 2 heterocycles. The van der Waals surface area contributed by atoms with Crippen LogP contribution in [0.3, 0.4) is 0 Å². The van der Waals surface area contributed by atoms with Gasteiger partial charge in [-0.3, -0.25) is 15.2 Å². The molecule has 3 rings (SSSR count). The molecule has 1 aliphatic rings. The first-order valence-electron chi connectivity index (χ1n) is 6.05. The van der Waals surface area contributed by atoms with Crippen molar-refractivity contribution in [3.05, 3.63) is 41.8 Å². The van der Waals surface area contributed by atoms with Crippen LogP contribution in [0.5, 0.6) is 0 Å². The van der Waals surface area contributed by atoms with Crippen molar-refractivity contribution in [3.8, 4) is 11.3 Å². The fourth-order valence-corrected chi connectivity index (χ4v) is 3.38. The van der Waals surface area contributed by atoms with Gasteiger partial charge in [0.1, 0.15) is 11.9 Å². The van der Waals surface area contributed by atoms with E-state index in [9.17, 15) is 9.18 Å². The summed E-state index contributed by atoms with van der Waals surface area (Å²) in [7, 11) is 0. The maximum absolute atomic E-state index is 13.0. The van der Waals surface area contributed by atoms with Gasteiger partial charge in [-0.25, -0.2) is 4.39 Å². The van der Waals surface area contributed by atoms with Crippen LogP contribution < -0.4 is 5.32 Å². The third kappa shape index (κ3) is 2.41. The summed E-state index contributed by atoms with van der Waals surface area (Å²) < 4.78 is 13.0. The van der Waals surface area contributed by atoms with Gasteiger partial charge in [0.2, 0.25) is 0 Å². The highest BCUT2D eigenvalue weighted by Crippen LogP contribution is 2.37. The highest BCUT2D eigenvalue weighted by atomic mass is 32.2. The molecule has 0 amide bonds. The largest absolute Gasteiger partial charge is 0.480 e. The Morgan fingerprint density at radius 1 is 1.40 bits per heavy atom. The Hall–Kier alpha value is -1.86. The summed E-state index contributed by atoms with van der Waals surface area (Å²) in [5.41, 5.74) is 2.48.